The molecule has 0 aromatic heterocycles. The third kappa shape index (κ3) is 4.99. The number of carbonyl (C=O) groups excluding carboxylic acids is 3. The van der Waals surface area contributed by atoms with Gasteiger partial charge < -0.3 is 15.4 Å². The lowest BCUT2D eigenvalue weighted by molar-refractivity contribution is -0.124. The highest BCUT2D eigenvalue weighted by Gasteiger charge is 2.17. The number of fused-ring (bicyclic) bond motifs is 1. The number of thioether (sulfide) groups is 1. The molecule has 23 heavy (non-hydrogen) atoms. The summed E-state index contributed by atoms with van der Waals surface area (Å²) in [6.45, 7) is 3.52. The van der Waals surface area contributed by atoms with Crippen LogP contribution in [0.1, 0.15) is 37.0 Å². The summed E-state index contributed by atoms with van der Waals surface area (Å²) in [4.78, 5) is 36.2. The molecule has 2 N–H and O–H groups in total. The van der Waals surface area contributed by atoms with E-state index in [2.05, 4.69) is 10.6 Å². The zero-order valence-electron chi connectivity index (χ0n) is 13.2. The van der Waals surface area contributed by atoms with Gasteiger partial charge in [-0.05, 0) is 31.5 Å². The summed E-state index contributed by atoms with van der Waals surface area (Å²) in [5, 5.41) is 5.49. The van der Waals surface area contributed by atoms with Gasteiger partial charge in [0.2, 0.25) is 5.91 Å². The van der Waals surface area contributed by atoms with Crippen molar-refractivity contribution in [3.8, 4) is 0 Å². The minimum absolute atomic E-state index is 0.0425. The number of rotatable bonds is 5. The van der Waals surface area contributed by atoms with Gasteiger partial charge in [0.1, 0.15) is 0 Å². The van der Waals surface area contributed by atoms with Crippen LogP contribution in [0.4, 0.5) is 5.69 Å². The summed E-state index contributed by atoms with van der Waals surface area (Å²) in [5.41, 5.74) is 0.916. The summed E-state index contributed by atoms with van der Waals surface area (Å²) in [6, 6.07) is 5.04. The highest BCUT2D eigenvalue weighted by molar-refractivity contribution is 7.99. The second kappa shape index (κ2) is 8.01. The van der Waals surface area contributed by atoms with Crippen molar-refractivity contribution in [3.05, 3.63) is 23.8 Å². The van der Waals surface area contributed by atoms with Crippen LogP contribution >= 0.6 is 11.8 Å². The first kappa shape index (κ1) is 17.3. The van der Waals surface area contributed by atoms with E-state index in [-0.39, 0.29) is 24.5 Å². The molecule has 0 radical (unpaired) electrons. The SMILES string of the molecule is CC[C@@H](C)NC(=O)COC(=O)c1ccc2c(c1)NC(=O)CCS2. The van der Waals surface area contributed by atoms with Crippen LogP contribution in [0.15, 0.2) is 23.1 Å². The number of carbonyl (C=O) groups is 3. The Labute approximate surface area is 139 Å². The van der Waals surface area contributed by atoms with Crippen molar-refractivity contribution in [2.24, 2.45) is 0 Å². The van der Waals surface area contributed by atoms with Gasteiger partial charge in [0.05, 0.1) is 11.3 Å². The maximum absolute atomic E-state index is 12.0. The first-order chi connectivity index (χ1) is 11.0. The average Bonchev–Trinajstić information content (AvgIpc) is 2.72. The van der Waals surface area contributed by atoms with Crippen molar-refractivity contribution in [1.29, 1.82) is 0 Å². The molecule has 0 saturated heterocycles. The van der Waals surface area contributed by atoms with Crippen molar-refractivity contribution in [1.82, 2.24) is 5.32 Å². The summed E-state index contributed by atoms with van der Waals surface area (Å²) >= 11 is 1.56. The van der Waals surface area contributed by atoms with Crippen molar-refractivity contribution < 1.29 is 19.1 Å². The van der Waals surface area contributed by atoms with E-state index >= 15 is 0 Å². The lowest BCUT2D eigenvalue weighted by Crippen LogP contribution is -2.35. The van der Waals surface area contributed by atoms with Crippen molar-refractivity contribution >= 4 is 35.2 Å². The maximum atomic E-state index is 12.0. The number of benzene rings is 1. The number of anilines is 1. The Morgan fingerprint density at radius 2 is 2.22 bits per heavy atom. The molecular formula is C16H20N2O4S. The van der Waals surface area contributed by atoms with Crippen molar-refractivity contribution in [2.45, 2.75) is 37.6 Å². The Balaban J connectivity index is 1.97. The molecule has 1 aromatic carbocycles. The van der Waals surface area contributed by atoms with E-state index < -0.39 is 5.97 Å². The standard InChI is InChI=1S/C16H20N2O4S/c1-3-10(2)17-15(20)9-22-16(21)11-4-5-13-12(8-11)18-14(19)6-7-23-13/h4-5,8,10H,3,6-7,9H2,1-2H3,(H,17,20)(H,18,19)/t10-/m1/s1. The molecule has 0 bridgehead atoms. The summed E-state index contributed by atoms with van der Waals surface area (Å²) in [5.74, 6) is -0.282. The van der Waals surface area contributed by atoms with E-state index in [1.165, 1.54) is 0 Å². The van der Waals surface area contributed by atoms with E-state index in [0.717, 1.165) is 11.3 Å². The molecule has 0 saturated carbocycles. The van der Waals surface area contributed by atoms with Crippen LogP contribution < -0.4 is 10.6 Å². The number of nitrogens with one attached hydrogen (secondary N) is 2. The predicted molar refractivity (Wildman–Crippen MR) is 88.6 cm³/mol. The van der Waals surface area contributed by atoms with E-state index in [0.29, 0.717) is 23.4 Å². The third-order valence-electron chi connectivity index (χ3n) is 3.43. The molecule has 2 rings (SSSR count). The minimum atomic E-state index is -0.587. The molecule has 1 aliphatic heterocycles. The van der Waals surface area contributed by atoms with E-state index in [1.807, 2.05) is 13.8 Å². The first-order valence-corrected chi connectivity index (χ1v) is 8.51. The minimum Gasteiger partial charge on any atom is -0.452 e. The van der Waals surface area contributed by atoms with Crippen molar-refractivity contribution in [2.75, 3.05) is 17.7 Å². The van der Waals surface area contributed by atoms with Gasteiger partial charge in [-0.2, -0.15) is 0 Å². The second-order valence-corrected chi connectivity index (χ2v) is 6.45. The molecule has 2 amide bonds. The number of amides is 2. The molecule has 7 heteroatoms. The first-order valence-electron chi connectivity index (χ1n) is 7.52. The molecule has 0 fully saturated rings. The van der Waals surface area contributed by atoms with Gasteiger partial charge in [0.15, 0.2) is 6.61 Å². The summed E-state index contributed by atoms with van der Waals surface area (Å²) in [7, 11) is 0. The highest BCUT2D eigenvalue weighted by atomic mass is 32.2. The molecular weight excluding hydrogens is 316 g/mol. The molecule has 0 aliphatic carbocycles. The maximum Gasteiger partial charge on any atom is 0.338 e. The molecule has 124 valence electrons. The fraction of sp³-hybridized carbons (Fsp3) is 0.438. The molecule has 1 aliphatic rings. The molecule has 6 nitrogen and oxygen atoms in total. The van der Waals surface area contributed by atoms with Gasteiger partial charge in [-0.1, -0.05) is 6.92 Å². The van der Waals surface area contributed by atoms with E-state index in [9.17, 15) is 14.4 Å². The van der Waals surface area contributed by atoms with Gasteiger partial charge in [0, 0.05) is 23.1 Å². The van der Waals surface area contributed by atoms with Crippen LogP contribution in [0, 0.1) is 0 Å². The van der Waals surface area contributed by atoms with Crippen LogP contribution in [0.3, 0.4) is 0 Å². The zero-order valence-corrected chi connectivity index (χ0v) is 14.0. The fourth-order valence-corrected chi connectivity index (χ4v) is 2.92. The van der Waals surface area contributed by atoms with Gasteiger partial charge >= 0.3 is 5.97 Å². The Kier molecular flexibility index (Phi) is 6.04. The van der Waals surface area contributed by atoms with Gasteiger partial charge in [-0.15, -0.1) is 11.8 Å². The normalized spacial score (nSPS) is 15.0. The third-order valence-corrected chi connectivity index (χ3v) is 4.51. The van der Waals surface area contributed by atoms with Gasteiger partial charge in [-0.25, -0.2) is 4.79 Å². The lowest BCUT2D eigenvalue weighted by atomic mass is 10.2. The molecule has 1 atom stereocenters. The van der Waals surface area contributed by atoms with Crippen LogP contribution in [-0.4, -0.2) is 36.2 Å². The largest absolute Gasteiger partial charge is 0.452 e. The zero-order chi connectivity index (χ0) is 16.8. The second-order valence-electron chi connectivity index (χ2n) is 5.31. The molecule has 1 aromatic rings. The number of hydrogen-bond acceptors (Lipinski definition) is 5. The summed E-state index contributed by atoms with van der Waals surface area (Å²) in [6.07, 6.45) is 1.25. The Morgan fingerprint density at radius 1 is 1.43 bits per heavy atom. The summed E-state index contributed by atoms with van der Waals surface area (Å²) < 4.78 is 5.01. The monoisotopic (exact) mass is 336 g/mol. The van der Waals surface area contributed by atoms with Crippen LogP contribution in [0.2, 0.25) is 0 Å². The van der Waals surface area contributed by atoms with Crippen molar-refractivity contribution in [3.63, 3.8) is 0 Å². The number of esters is 1. The smallest absolute Gasteiger partial charge is 0.338 e. The molecule has 1 heterocycles. The Hall–Kier alpha value is -2.02. The van der Waals surface area contributed by atoms with Gasteiger partial charge in [0.25, 0.3) is 5.91 Å². The molecule has 0 spiro atoms. The molecule has 0 unspecified atom stereocenters. The fourth-order valence-electron chi connectivity index (χ4n) is 1.98. The highest BCUT2D eigenvalue weighted by Crippen LogP contribution is 2.31. The number of ether oxygens (including phenoxy) is 1. The Morgan fingerprint density at radius 3 is 2.96 bits per heavy atom. The van der Waals surface area contributed by atoms with Crippen LogP contribution in [0.5, 0.6) is 0 Å². The van der Waals surface area contributed by atoms with E-state index in [1.54, 1.807) is 30.0 Å². The average molecular weight is 336 g/mol. The van der Waals surface area contributed by atoms with Gasteiger partial charge in [-0.3, -0.25) is 9.59 Å². The Bertz CT molecular complexity index is 618. The van der Waals surface area contributed by atoms with E-state index in [4.69, 9.17) is 4.74 Å². The topological polar surface area (TPSA) is 84.5 Å². The van der Waals surface area contributed by atoms with Crippen LogP contribution in [-0.2, 0) is 14.3 Å². The lowest BCUT2D eigenvalue weighted by Gasteiger charge is -2.12. The van der Waals surface area contributed by atoms with Crippen LogP contribution in [0.25, 0.3) is 0 Å². The number of hydrogen-bond donors (Lipinski definition) is 2. The predicted octanol–water partition coefficient (Wildman–Crippen LogP) is 2.19. The quantitative estimate of drug-likeness (QED) is 0.805.